The number of nitrogens with one attached hydrogen (secondary N) is 1. The fraction of sp³-hybridized carbons (Fsp3) is 0.368. The van der Waals surface area contributed by atoms with E-state index in [0.717, 1.165) is 30.6 Å². The van der Waals surface area contributed by atoms with Crippen LogP contribution in [0.4, 0.5) is 5.69 Å². The van der Waals surface area contributed by atoms with Crippen molar-refractivity contribution in [1.29, 1.82) is 0 Å². The van der Waals surface area contributed by atoms with Crippen LogP contribution >= 0.6 is 11.3 Å². The molecule has 6 nitrogen and oxygen atoms in total. The van der Waals surface area contributed by atoms with E-state index >= 15 is 0 Å². The zero-order valence-corrected chi connectivity index (χ0v) is 15.0. The summed E-state index contributed by atoms with van der Waals surface area (Å²) in [5.74, 6) is 0.00422. The van der Waals surface area contributed by atoms with Gasteiger partial charge in [-0.15, -0.1) is 11.3 Å². The Bertz CT molecular complexity index is 811. The number of benzene rings is 1. The molecule has 0 bridgehead atoms. The van der Waals surface area contributed by atoms with Crippen molar-refractivity contribution in [2.45, 2.75) is 37.9 Å². The predicted molar refractivity (Wildman–Crippen MR) is 96.5 cm³/mol. The second kappa shape index (κ2) is 6.99. The van der Waals surface area contributed by atoms with E-state index in [1.54, 1.807) is 18.2 Å². The van der Waals surface area contributed by atoms with Crippen LogP contribution in [0.1, 0.15) is 30.6 Å². The smallest absolute Gasteiger partial charge is 0.311 e. The lowest BCUT2D eigenvalue weighted by molar-refractivity contribution is -0.146. The van der Waals surface area contributed by atoms with Crippen molar-refractivity contribution in [2.24, 2.45) is 0 Å². The van der Waals surface area contributed by atoms with Gasteiger partial charge < -0.3 is 19.5 Å². The van der Waals surface area contributed by atoms with Gasteiger partial charge in [0.05, 0.1) is 6.42 Å². The summed E-state index contributed by atoms with van der Waals surface area (Å²) >= 11 is 1.48. The van der Waals surface area contributed by atoms with E-state index in [1.165, 1.54) is 11.3 Å². The molecule has 1 spiro atoms. The lowest BCUT2D eigenvalue weighted by Gasteiger charge is -2.21. The largest absolute Gasteiger partial charge is 0.455 e. The molecule has 4 rings (SSSR count). The topological polar surface area (TPSA) is 73.9 Å². The number of anilines is 1. The molecule has 26 heavy (non-hydrogen) atoms. The van der Waals surface area contributed by atoms with E-state index in [1.807, 2.05) is 17.5 Å². The molecule has 0 atom stereocenters. The maximum Gasteiger partial charge on any atom is 0.311 e. The van der Waals surface area contributed by atoms with Crippen LogP contribution in [0.25, 0.3) is 0 Å². The average Bonchev–Trinajstić information content (AvgIpc) is 3.35. The van der Waals surface area contributed by atoms with E-state index in [-0.39, 0.29) is 18.9 Å². The maximum absolute atomic E-state index is 12.0. The Morgan fingerprint density at radius 3 is 2.73 bits per heavy atom. The van der Waals surface area contributed by atoms with Crippen molar-refractivity contribution >= 4 is 28.9 Å². The summed E-state index contributed by atoms with van der Waals surface area (Å²) in [6.07, 6.45) is 4.12. The maximum atomic E-state index is 12.0. The average molecular weight is 373 g/mol. The number of amides is 1. The van der Waals surface area contributed by atoms with Gasteiger partial charge in [0.2, 0.25) is 0 Å². The number of fused-ring (bicyclic) bond motifs is 1. The number of rotatable bonds is 5. The molecule has 2 aliphatic rings. The van der Waals surface area contributed by atoms with Gasteiger partial charge in [-0.1, -0.05) is 6.07 Å². The van der Waals surface area contributed by atoms with Crippen molar-refractivity contribution in [1.82, 2.24) is 0 Å². The molecule has 136 valence electrons. The highest BCUT2D eigenvalue weighted by molar-refractivity contribution is 7.10. The minimum Gasteiger partial charge on any atom is -0.455 e. The fourth-order valence-electron chi connectivity index (χ4n) is 3.24. The normalized spacial score (nSPS) is 16.6. The third-order valence-corrected chi connectivity index (χ3v) is 5.32. The molecule has 1 aromatic carbocycles. The van der Waals surface area contributed by atoms with Crippen LogP contribution in [0, 0.1) is 0 Å². The molecule has 0 unspecified atom stereocenters. The van der Waals surface area contributed by atoms with Crippen LogP contribution in [0.5, 0.6) is 11.5 Å². The van der Waals surface area contributed by atoms with Crippen molar-refractivity contribution in [2.75, 3.05) is 11.9 Å². The Morgan fingerprint density at radius 2 is 1.96 bits per heavy atom. The summed E-state index contributed by atoms with van der Waals surface area (Å²) in [5, 5.41) is 4.61. The number of thiophene rings is 1. The summed E-state index contributed by atoms with van der Waals surface area (Å²) in [5.41, 5.74) is 0.585. The molecule has 7 heteroatoms. The molecule has 1 aromatic heterocycles. The molecule has 2 aromatic rings. The van der Waals surface area contributed by atoms with Crippen LogP contribution in [0.3, 0.4) is 0 Å². The van der Waals surface area contributed by atoms with Crippen LogP contribution in [0.2, 0.25) is 0 Å². The predicted octanol–water partition coefficient (Wildman–Crippen LogP) is 3.51. The Morgan fingerprint density at radius 1 is 1.15 bits per heavy atom. The molecule has 1 fully saturated rings. The van der Waals surface area contributed by atoms with Crippen LogP contribution in [-0.4, -0.2) is 24.3 Å². The highest BCUT2D eigenvalue weighted by Gasteiger charge is 2.44. The lowest BCUT2D eigenvalue weighted by atomic mass is 10.2. The molecule has 1 N–H and O–H groups in total. The molecule has 0 saturated heterocycles. The van der Waals surface area contributed by atoms with Crippen molar-refractivity contribution < 1.29 is 23.8 Å². The van der Waals surface area contributed by atoms with E-state index in [0.29, 0.717) is 17.2 Å². The summed E-state index contributed by atoms with van der Waals surface area (Å²) in [6, 6.07) is 9.02. The van der Waals surface area contributed by atoms with Crippen molar-refractivity contribution in [3.05, 3.63) is 40.6 Å². The van der Waals surface area contributed by atoms with E-state index in [9.17, 15) is 9.59 Å². The molecule has 1 amide bonds. The zero-order valence-electron chi connectivity index (χ0n) is 14.2. The first kappa shape index (κ1) is 16.9. The Balaban J connectivity index is 1.29. The van der Waals surface area contributed by atoms with E-state index in [2.05, 4.69) is 5.32 Å². The Hall–Kier alpha value is -2.54. The third-order valence-electron chi connectivity index (χ3n) is 4.45. The quantitative estimate of drug-likeness (QED) is 0.812. The molecule has 0 radical (unpaired) electrons. The van der Waals surface area contributed by atoms with Gasteiger partial charge in [0, 0.05) is 29.5 Å². The summed E-state index contributed by atoms with van der Waals surface area (Å²) in [7, 11) is 0. The molecule has 1 aliphatic heterocycles. The number of carbonyl (C=O) groups excluding carboxylic acids is 2. The minimum atomic E-state index is -0.526. The first-order valence-corrected chi connectivity index (χ1v) is 9.50. The summed E-state index contributed by atoms with van der Waals surface area (Å²) < 4.78 is 16.9. The first-order chi connectivity index (χ1) is 12.6. The highest BCUT2D eigenvalue weighted by atomic mass is 32.1. The second-order valence-corrected chi connectivity index (χ2v) is 7.48. The highest BCUT2D eigenvalue weighted by Crippen LogP contribution is 2.47. The van der Waals surface area contributed by atoms with Gasteiger partial charge in [-0.25, -0.2) is 0 Å². The van der Waals surface area contributed by atoms with E-state index in [4.69, 9.17) is 14.2 Å². The third kappa shape index (κ3) is 3.67. The van der Waals surface area contributed by atoms with Crippen LogP contribution in [0.15, 0.2) is 35.7 Å². The lowest BCUT2D eigenvalue weighted by Crippen LogP contribution is -2.34. The van der Waals surface area contributed by atoms with Crippen molar-refractivity contribution in [3.8, 4) is 11.5 Å². The van der Waals surface area contributed by atoms with Gasteiger partial charge in [0.15, 0.2) is 18.1 Å². The molecular formula is C19H19NO5S. The fourth-order valence-corrected chi connectivity index (χ4v) is 3.93. The number of esters is 1. The minimum absolute atomic E-state index is 0.178. The monoisotopic (exact) mass is 373 g/mol. The summed E-state index contributed by atoms with van der Waals surface area (Å²) in [4.78, 5) is 24.7. The standard InChI is InChI=1S/C19H19NO5S/c21-17(12-23-18(22)11-14-4-3-9-26-14)20-13-5-6-15-16(10-13)25-19(24-15)7-1-2-8-19/h3-6,9-10H,1-2,7-8,11-12H2,(H,20,21). The molecule has 1 aliphatic carbocycles. The van der Waals surface area contributed by atoms with Gasteiger partial charge in [0.25, 0.3) is 11.7 Å². The van der Waals surface area contributed by atoms with Gasteiger partial charge >= 0.3 is 5.97 Å². The SMILES string of the molecule is O=C(COC(=O)Cc1cccs1)Nc1ccc2c(c1)OC1(CCCC1)O2. The zero-order chi connectivity index (χ0) is 18.0. The molecular weight excluding hydrogens is 354 g/mol. The Labute approximate surface area is 155 Å². The number of carbonyl (C=O) groups is 2. The first-order valence-electron chi connectivity index (χ1n) is 8.62. The van der Waals surface area contributed by atoms with Gasteiger partial charge in [-0.3, -0.25) is 9.59 Å². The van der Waals surface area contributed by atoms with Crippen LogP contribution in [-0.2, 0) is 20.7 Å². The van der Waals surface area contributed by atoms with Crippen molar-refractivity contribution in [3.63, 3.8) is 0 Å². The van der Waals surface area contributed by atoms with Gasteiger partial charge in [-0.2, -0.15) is 0 Å². The number of hydrogen-bond acceptors (Lipinski definition) is 6. The Kier molecular flexibility index (Phi) is 4.55. The van der Waals surface area contributed by atoms with E-state index < -0.39 is 11.8 Å². The second-order valence-electron chi connectivity index (χ2n) is 6.45. The number of ether oxygens (including phenoxy) is 3. The van der Waals surface area contributed by atoms with Gasteiger partial charge in [-0.05, 0) is 36.4 Å². The molecule has 1 saturated carbocycles. The summed E-state index contributed by atoms with van der Waals surface area (Å²) in [6.45, 7) is -0.317. The number of hydrogen-bond donors (Lipinski definition) is 1. The molecule has 2 heterocycles. The van der Waals surface area contributed by atoms with Crippen LogP contribution < -0.4 is 14.8 Å². The van der Waals surface area contributed by atoms with Gasteiger partial charge in [0.1, 0.15) is 0 Å².